The van der Waals surface area contributed by atoms with Gasteiger partial charge in [0.2, 0.25) is 0 Å². The number of rotatable bonds is 7. The largest absolute Gasteiger partial charge is 0.480 e. The molecular weight excluding hydrogens is 570 g/mol. The van der Waals surface area contributed by atoms with Gasteiger partial charge in [-0.05, 0) is 72.9 Å². The molecule has 5 aromatic rings. The molecule has 1 atom stereocenters. The number of hydrogen-bond acceptors (Lipinski definition) is 6. The molecular formula is C36H33N3O6. The number of carbonyl (C=O) groups is 3. The molecule has 9 nitrogen and oxygen atoms in total. The lowest BCUT2D eigenvalue weighted by molar-refractivity contribution is -0.139. The molecule has 0 saturated carbocycles. The number of amides is 1. The van der Waals surface area contributed by atoms with Gasteiger partial charge >= 0.3 is 18.2 Å². The summed E-state index contributed by atoms with van der Waals surface area (Å²) < 4.78 is 12.6. The first-order chi connectivity index (χ1) is 21.6. The van der Waals surface area contributed by atoms with E-state index in [2.05, 4.69) is 10.3 Å². The van der Waals surface area contributed by atoms with E-state index in [0.29, 0.717) is 16.5 Å². The summed E-state index contributed by atoms with van der Waals surface area (Å²) in [6.45, 7) is 5.37. The third kappa shape index (κ3) is 6.15. The second-order valence-electron chi connectivity index (χ2n) is 12.0. The smallest absolute Gasteiger partial charge is 0.419 e. The zero-order valence-electron chi connectivity index (χ0n) is 25.2. The average Bonchev–Trinajstić information content (AvgIpc) is 3.54. The summed E-state index contributed by atoms with van der Waals surface area (Å²) in [4.78, 5) is 43.0. The Morgan fingerprint density at radius 3 is 2.22 bits per heavy atom. The fraction of sp³-hybridized carbons (Fsp3) is 0.222. The predicted octanol–water partition coefficient (Wildman–Crippen LogP) is 7.02. The Labute approximate surface area is 260 Å². The SMILES string of the molecule is CC(C)(C)OC(=O)n1cc(C[C@H](NC(=O)OCC2c3ccccc3-c3ccccc32)C(=O)O)c2cc(-c3ccccn3)ccc21. The van der Waals surface area contributed by atoms with Gasteiger partial charge in [0.1, 0.15) is 18.2 Å². The monoisotopic (exact) mass is 603 g/mol. The molecule has 45 heavy (non-hydrogen) atoms. The molecule has 0 saturated heterocycles. The van der Waals surface area contributed by atoms with Crippen molar-refractivity contribution in [1.82, 2.24) is 14.9 Å². The number of nitrogens with one attached hydrogen (secondary N) is 1. The van der Waals surface area contributed by atoms with Crippen LogP contribution in [0.5, 0.6) is 0 Å². The number of fused-ring (bicyclic) bond motifs is 4. The van der Waals surface area contributed by atoms with E-state index >= 15 is 0 Å². The lowest BCUT2D eigenvalue weighted by Gasteiger charge is -2.19. The first kappa shape index (κ1) is 29.6. The number of aliphatic carboxylic acids is 1. The number of nitrogens with zero attached hydrogens (tertiary/aromatic N) is 2. The number of carboxylic acids is 1. The minimum Gasteiger partial charge on any atom is -0.480 e. The van der Waals surface area contributed by atoms with Gasteiger partial charge in [-0.15, -0.1) is 0 Å². The first-order valence-corrected chi connectivity index (χ1v) is 14.7. The van der Waals surface area contributed by atoms with Gasteiger partial charge in [-0.25, -0.2) is 14.4 Å². The van der Waals surface area contributed by atoms with Crippen molar-refractivity contribution in [3.63, 3.8) is 0 Å². The second kappa shape index (κ2) is 11.9. The molecule has 2 N–H and O–H groups in total. The Balaban J connectivity index is 1.25. The van der Waals surface area contributed by atoms with Crippen molar-refractivity contribution in [2.45, 2.75) is 44.8 Å². The highest BCUT2D eigenvalue weighted by Gasteiger charge is 2.30. The molecule has 0 aliphatic heterocycles. The van der Waals surface area contributed by atoms with Crippen LogP contribution in [0.3, 0.4) is 0 Å². The van der Waals surface area contributed by atoms with Gasteiger partial charge in [-0.2, -0.15) is 0 Å². The van der Waals surface area contributed by atoms with Gasteiger partial charge in [0.25, 0.3) is 0 Å². The minimum atomic E-state index is -1.32. The number of carboxylic acid groups (broad SMARTS) is 1. The Kier molecular flexibility index (Phi) is 7.85. The molecule has 2 heterocycles. The molecule has 2 aromatic heterocycles. The number of hydrogen-bond donors (Lipinski definition) is 2. The summed E-state index contributed by atoms with van der Waals surface area (Å²) >= 11 is 0. The summed E-state index contributed by atoms with van der Waals surface area (Å²) in [5.74, 6) is -1.40. The Hall–Kier alpha value is -5.44. The fourth-order valence-electron chi connectivity index (χ4n) is 5.82. The molecule has 6 rings (SSSR count). The number of carbonyl (C=O) groups excluding carboxylic acids is 2. The van der Waals surface area contributed by atoms with E-state index in [1.165, 1.54) is 4.57 Å². The molecule has 0 spiro atoms. The average molecular weight is 604 g/mol. The first-order valence-electron chi connectivity index (χ1n) is 14.7. The van der Waals surface area contributed by atoms with E-state index in [1.54, 1.807) is 39.2 Å². The number of alkyl carbamates (subject to hydrolysis) is 1. The van der Waals surface area contributed by atoms with Gasteiger partial charge in [0.15, 0.2) is 0 Å². The van der Waals surface area contributed by atoms with Crippen LogP contribution < -0.4 is 5.32 Å². The van der Waals surface area contributed by atoms with E-state index < -0.39 is 29.8 Å². The lowest BCUT2D eigenvalue weighted by Crippen LogP contribution is -2.42. The van der Waals surface area contributed by atoms with E-state index in [9.17, 15) is 19.5 Å². The number of pyridine rings is 1. The van der Waals surface area contributed by atoms with Crippen LogP contribution in [0.4, 0.5) is 9.59 Å². The maximum atomic E-state index is 13.1. The highest BCUT2D eigenvalue weighted by atomic mass is 16.6. The van der Waals surface area contributed by atoms with Gasteiger partial charge < -0.3 is 19.9 Å². The van der Waals surface area contributed by atoms with Crippen molar-refractivity contribution in [1.29, 1.82) is 0 Å². The Bertz CT molecular complexity index is 1860. The molecule has 228 valence electrons. The quantitative estimate of drug-likeness (QED) is 0.205. The molecule has 1 amide bonds. The molecule has 0 bridgehead atoms. The van der Waals surface area contributed by atoms with Crippen molar-refractivity contribution in [3.05, 3.63) is 114 Å². The fourth-order valence-corrected chi connectivity index (χ4v) is 5.82. The van der Waals surface area contributed by atoms with Crippen molar-refractivity contribution >= 4 is 29.1 Å². The number of ether oxygens (including phenoxy) is 2. The van der Waals surface area contributed by atoms with Crippen molar-refractivity contribution in [2.24, 2.45) is 0 Å². The highest BCUT2D eigenvalue weighted by Crippen LogP contribution is 2.44. The zero-order valence-corrected chi connectivity index (χ0v) is 25.2. The van der Waals surface area contributed by atoms with Gasteiger partial charge in [0.05, 0.1) is 11.2 Å². The molecule has 3 aromatic carbocycles. The maximum Gasteiger partial charge on any atom is 0.419 e. The standard InChI is InChI=1S/C36H33N3O6/c1-36(2,3)45-35(43)39-20-23(28-18-22(15-16-32(28)39)30-14-8-9-17-37-30)19-31(33(40)41)38-34(42)44-21-29-26-12-6-4-10-24(26)25-11-5-7-13-27(25)29/h4-18,20,29,31H,19,21H2,1-3H3,(H,38,42)(H,40,41)/t31-/m0/s1. The van der Waals surface area contributed by atoms with Crippen molar-refractivity contribution in [2.75, 3.05) is 6.61 Å². The van der Waals surface area contributed by atoms with Gasteiger partial charge in [-0.1, -0.05) is 60.7 Å². The van der Waals surface area contributed by atoms with Gasteiger partial charge in [-0.3, -0.25) is 9.55 Å². The summed E-state index contributed by atoms with van der Waals surface area (Å²) in [7, 11) is 0. The van der Waals surface area contributed by atoms with E-state index in [4.69, 9.17) is 9.47 Å². The maximum absolute atomic E-state index is 13.1. The third-order valence-corrected chi connectivity index (χ3v) is 7.80. The predicted molar refractivity (Wildman–Crippen MR) is 170 cm³/mol. The summed E-state index contributed by atoms with van der Waals surface area (Å²) in [6.07, 6.45) is 1.72. The molecule has 0 radical (unpaired) electrons. The molecule has 9 heteroatoms. The minimum absolute atomic E-state index is 0.0532. The molecule has 0 unspecified atom stereocenters. The summed E-state index contributed by atoms with van der Waals surface area (Å²) in [5.41, 5.74) is 6.17. The van der Waals surface area contributed by atoms with E-state index in [1.807, 2.05) is 78.9 Å². The van der Waals surface area contributed by atoms with Crippen LogP contribution in [0.15, 0.2) is 97.3 Å². The Morgan fingerprint density at radius 2 is 1.60 bits per heavy atom. The van der Waals surface area contributed by atoms with Crippen molar-refractivity contribution < 1.29 is 29.0 Å². The van der Waals surface area contributed by atoms with Crippen LogP contribution in [0.1, 0.15) is 43.4 Å². The Morgan fingerprint density at radius 1 is 0.933 bits per heavy atom. The van der Waals surface area contributed by atoms with E-state index in [-0.39, 0.29) is 18.9 Å². The zero-order chi connectivity index (χ0) is 31.7. The summed E-state index contributed by atoms with van der Waals surface area (Å²) in [6, 6.07) is 25.7. The summed E-state index contributed by atoms with van der Waals surface area (Å²) in [5, 5.41) is 13.3. The number of aromatic nitrogens is 2. The molecule has 0 fully saturated rings. The normalized spacial score (nSPS) is 13.1. The van der Waals surface area contributed by atoms with Crippen LogP contribution in [0.25, 0.3) is 33.3 Å². The topological polar surface area (TPSA) is 120 Å². The molecule has 1 aliphatic carbocycles. The highest BCUT2D eigenvalue weighted by molar-refractivity contribution is 5.95. The second-order valence-corrected chi connectivity index (χ2v) is 12.0. The van der Waals surface area contributed by atoms with E-state index in [0.717, 1.165) is 33.5 Å². The van der Waals surface area contributed by atoms with Crippen LogP contribution in [0, 0.1) is 0 Å². The van der Waals surface area contributed by atoms with Crippen LogP contribution in [-0.2, 0) is 20.7 Å². The third-order valence-electron chi connectivity index (χ3n) is 7.80. The lowest BCUT2D eigenvalue weighted by atomic mass is 9.98. The number of benzene rings is 3. The van der Waals surface area contributed by atoms with Crippen molar-refractivity contribution in [3.8, 4) is 22.4 Å². The van der Waals surface area contributed by atoms with Gasteiger partial charge in [0, 0.05) is 35.7 Å². The van der Waals surface area contributed by atoms with Crippen LogP contribution in [-0.4, -0.2) is 51.1 Å². The molecule has 1 aliphatic rings. The van der Waals surface area contributed by atoms with Crippen LogP contribution >= 0.6 is 0 Å². The van der Waals surface area contributed by atoms with Crippen LogP contribution in [0.2, 0.25) is 0 Å².